The van der Waals surface area contributed by atoms with E-state index in [0.29, 0.717) is 0 Å². The van der Waals surface area contributed by atoms with Crippen LogP contribution in [0.15, 0.2) is 48.5 Å². The van der Waals surface area contributed by atoms with Gasteiger partial charge in [-0.2, -0.15) is 0 Å². The van der Waals surface area contributed by atoms with Crippen LogP contribution in [0.4, 0.5) is 0 Å². The maximum absolute atomic E-state index is 6.02. The number of benzene rings is 2. The van der Waals surface area contributed by atoms with Gasteiger partial charge in [-0.05, 0) is 23.8 Å². The van der Waals surface area contributed by atoms with Crippen LogP contribution in [0.2, 0.25) is 0 Å². The molecule has 2 aromatic carbocycles. The van der Waals surface area contributed by atoms with E-state index in [-0.39, 0.29) is 12.0 Å². The summed E-state index contributed by atoms with van der Waals surface area (Å²) in [7, 11) is 5.02. The minimum absolute atomic E-state index is 0.0455. The molecule has 1 heterocycles. The number of hydrogen-bond donors (Lipinski definition) is 0. The van der Waals surface area contributed by atoms with Gasteiger partial charge in [-0.15, -0.1) is 0 Å². The van der Waals surface area contributed by atoms with E-state index in [4.69, 9.17) is 18.9 Å². The summed E-state index contributed by atoms with van der Waals surface area (Å²) in [5.41, 5.74) is 2.10. The summed E-state index contributed by atoms with van der Waals surface area (Å²) in [6.45, 7) is 0. The van der Waals surface area contributed by atoms with Crippen LogP contribution >= 0.6 is 0 Å². The standard InChI is InChI=1S/C18H20O4/c1-19-13-9-10-15-14(11-13)17(20-2)16(18(21-3)22-15)12-7-5-4-6-8-12/h4-11,16-18H,1-3H3/t16-,17-,18-/m1/s1. The first-order valence-electron chi connectivity index (χ1n) is 7.23. The van der Waals surface area contributed by atoms with Gasteiger partial charge in [0.2, 0.25) is 6.29 Å². The Morgan fingerprint density at radius 3 is 2.32 bits per heavy atom. The molecular formula is C18H20O4. The maximum atomic E-state index is 6.02. The lowest BCUT2D eigenvalue weighted by Crippen LogP contribution is -2.36. The lowest BCUT2D eigenvalue weighted by molar-refractivity contribution is -0.119. The Kier molecular flexibility index (Phi) is 4.32. The monoisotopic (exact) mass is 300 g/mol. The van der Waals surface area contributed by atoms with E-state index >= 15 is 0 Å². The van der Waals surface area contributed by atoms with E-state index in [1.807, 2.05) is 36.4 Å². The van der Waals surface area contributed by atoms with Crippen LogP contribution in [0.3, 0.4) is 0 Å². The number of hydrogen-bond acceptors (Lipinski definition) is 4. The highest BCUT2D eigenvalue weighted by molar-refractivity contribution is 5.45. The average molecular weight is 300 g/mol. The van der Waals surface area contributed by atoms with E-state index in [1.165, 1.54) is 0 Å². The summed E-state index contributed by atoms with van der Waals surface area (Å²) in [4.78, 5) is 0. The minimum atomic E-state index is -0.395. The fourth-order valence-corrected chi connectivity index (χ4v) is 2.99. The second kappa shape index (κ2) is 6.38. The minimum Gasteiger partial charge on any atom is -0.497 e. The summed E-state index contributed by atoms with van der Waals surface area (Å²) in [6.07, 6.45) is -0.556. The SMILES string of the molecule is COc1ccc2c(c1)[C@@H](OC)[C@@H](c1ccccc1)[C@H](OC)O2. The van der Waals surface area contributed by atoms with Gasteiger partial charge < -0.3 is 18.9 Å². The fourth-order valence-electron chi connectivity index (χ4n) is 2.99. The molecule has 4 heteroatoms. The zero-order valence-electron chi connectivity index (χ0n) is 13.0. The van der Waals surface area contributed by atoms with Crippen molar-refractivity contribution in [2.45, 2.75) is 18.3 Å². The first-order chi connectivity index (χ1) is 10.8. The molecule has 0 amide bonds. The summed E-state index contributed by atoms with van der Waals surface area (Å²) in [6, 6.07) is 15.9. The second-order valence-corrected chi connectivity index (χ2v) is 5.22. The van der Waals surface area contributed by atoms with Crippen molar-refractivity contribution in [2.24, 2.45) is 0 Å². The zero-order chi connectivity index (χ0) is 15.5. The normalized spacial score (nSPS) is 23.5. The predicted molar refractivity (Wildman–Crippen MR) is 83.4 cm³/mol. The molecule has 2 aromatic rings. The van der Waals surface area contributed by atoms with E-state index in [0.717, 1.165) is 22.6 Å². The molecule has 0 fully saturated rings. The Morgan fingerprint density at radius 2 is 1.68 bits per heavy atom. The van der Waals surface area contributed by atoms with Crippen LogP contribution in [0.25, 0.3) is 0 Å². The van der Waals surface area contributed by atoms with Crippen molar-refractivity contribution in [2.75, 3.05) is 21.3 Å². The van der Waals surface area contributed by atoms with Crippen molar-refractivity contribution in [1.29, 1.82) is 0 Å². The molecule has 0 unspecified atom stereocenters. The van der Waals surface area contributed by atoms with Gasteiger partial charge in [0.05, 0.1) is 19.1 Å². The van der Waals surface area contributed by atoms with Crippen LogP contribution in [-0.4, -0.2) is 27.6 Å². The molecule has 0 aliphatic carbocycles. The smallest absolute Gasteiger partial charge is 0.209 e. The molecule has 0 aromatic heterocycles. The van der Waals surface area contributed by atoms with Crippen molar-refractivity contribution in [3.63, 3.8) is 0 Å². The molecular weight excluding hydrogens is 280 g/mol. The van der Waals surface area contributed by atoms with E-state index in [9.17, 15) is 0 Å². The predicted octanol–water partition coefficient (Wildman–Crippen LogP) is 3.53. The number of rotatable bonds is 4. The third-order valence-corrected chi connectivity index (χ3v) is 4.06. The molecule has 3 rings (SSSR count). The van der Waals surface area contributed by atoms with E-state index in [2.05, 4.69) is 12.1 Å². The lowest BCUT2D eigenvalue weighted by atomic mass is 9.86. The number of methoxy groups -OCH3 is 3. The van der Waals surface area contributed by atoms with Crippen LogP contribution in [-0.2, 0) is 9.47 Å². The van der Waals surface area contributed by atoms with Crippen LogP contribution in [0, 0.1) is 0 Å². The van der Waals surface area contributed by atoms with Crippen molar-refractivity contribution in [3.05, 3.63) is 59.7 Å². The second-order valence-electron chi connectivity index (χ2n) is 5.22. The largest absolute Gasteiger partial charge is 0.497 e. The average Bonchev–Trinajstić information content (AvgIpc) is 2.60. The van der Waals surface area contributed by atoms with Gasteiger partial charge >= 0.3 is 0 Å². The summed E-state index contributed by atoms with van der Waals surface area (Å²) < 4.78 is 22.7. The molecule has 0 spiro atoms. The molecule has 0 radical (unpaired) electrons. The maximum Gasteiger partial charge on any atom is 0.209 e. The zero-order valence-corrected chi connectivity index (χ0v) is 13.0. The molecule has 1 aliphatic rings. The Hall–Kier alpha value is -2.04. The number of ether oxygens (including phenoxy) is 4. The van der Waals surface area contributed by atoms with Crippen molar-refractivity contribution >= 4 is 0 Å². The van der Waals surface area contributed by atoms with Gasteiger partial charge in [-0.1, -0.05) is 30.3 Å². The van der Waals surface area contributed by atoms with Gasteiger partial charge in [0, 0.05) is 19.8 Å². The van der Waals surface area contributed by atoms with Crippen molar-refractivity contribution in [3.8, 4) is 11.5 Å². The highest BCUT2D eigenvalue weighted by Crippen LogP contribution is 2.46. The van der Waals surface area contributed by atoms with Crippen LogP contribution in [0.1, 0.15) is 23.1 Å². The molecule has 22 heavy (non-hydrogen) atoms. The highest BCUT2D eigenvalue weighted by Gasteiger charge is 2.40. The molecule has 0 bridgehead atoms. The van der Waals surface area contributed by atoms with Crippen LogP contribution < -0.4 is 9.47 Å². The molecule has 0 N–H and O–H groups in total. The van der Waals surface area contributed by atoms with Gasteiger partial charge in [0.25, 0.3) is 0 Å². The molecule has 1 aliphatic heterocycles. The summed E-state index contributed by atoms with van der Waals surface area (Å²) in [5, 5.41) is 0. The van der Waals surface area contributed by atoms with Gasteiger partial charge in [0.15, 0.2) is 0 Å². The van der Waals surface area contributed by atoms with Crippen LogP contribution in [0.5, 0.6) is 11.5 Å². The Morgan fingerprint density at radius 1 is 0.909 bits per heavy atom. The molecule has 116 valence electrons. The highest BCUT2D eigenvalue weighted by atomic mass is 16.7. The van der Waals surface area contributed by atoms with E-state index < -0.39 is 6.29 Å². The third kappa shape index (κ3) is 2.56. The first kappa shape index (κ1) is 14.9. The van der Waals surface area contributed by atoms with Crippen molar-refractivity contribution < 1.29 is 18.9 Å². The molecule has 0 saturated heterocycles. The molecule has 3 atom stereocenters. The van der Waals surface area contributed by atoms with E-state index in [1.54, 1.807) is 21.3 Å². The van der Waals surface area contributed by atoms with Gasteiger partial charge in [-0.3, -0.25) is 0 Å². The Bertz CT molecular complexity index is 626. The Labute approximate surface area is 130 Å². The molecule has 0 saturated carbocycles. The number of fused-ring (bicyclic) bond motifs is 1. The fraction of sp³-hybridized carbons (Fsp3) is 0.333. The quantitative estimate of drug-likeness (QED) is 0.865. The van der Waals surface area contributed by atoms with Gasteiger partial charge in [-0.25, -0.2) is 0 Å². The van der Waals surface area contributed by atoms with Crippen molar-refractivity contribution in [1.82, 2.24) is 0 Å². The summed E-state index contributed by atoms with van der Waals surface area (Å²) >= 11 is 0. The topological polar surface area (TPSA) is 36.9 Å². The molecule has 4 nitrogen and oxygen atoms in total. The Balaban J connectivity index is 2.08. The lowest BCUT2D eigenvalue weighted by Gasteiger charge is -2.38. The van der Waals surface area contributed by atoms with Gasteiger partial charge in [0.1, 0.15) is 11.5 Å². The third-order valence-electron chi connectivity index (χ3n) is 4.06. The summed E-state index contributed by atoms with van der Waals surface area (Å²) in [5.74, 6) is 1.51. The first-order valence-corrected chi connectivity index (χ1v) is 7.23.